The van der Waals surface area contributed by atoms with Crippen LogP contribution in [0.3, 0.4) is 0 Å². The molecule has 10 aromatic rings. The molecule has 13 rings (SSSR count). The average molecular weight is 1880 g/mol. The van der Waals surface area contributed by atoms with Gasteiger partial charge in [0.05, 0.1) is 50.1 Å². The van der Waals surface area contributed by atoms with E-state index in [0.717, 1.165) is 0 Å². The van der Waals surface area contributed by atoms with E-state index in [1.165, 1.54) is 0 Å². The minimum absolute atomic E-state index is 0.0442. The van der Waals surface area contributed by atoms with Gasteiger partial charge in [0.15, 0.2) is 180 Å². The Hall–Kier alpha value is -19.2. The number of cyclic esters (lactones) is 1. The molecule has 0 aliphatic carbocycles. The van der Waals surface area contributed by atoms with Gasteiger partial charge in [0.2, 0.25) is 47.8 Å². The first-order valence-corrected chi connectivity index (χ1v) is 36.9. The van der Waals surface area contributed by atoms with Gasteiger partial charge < -0.3 is 210 Å². The van der Waals surface area contributed by atoms with Gasteiger partial charge in [-0.05, 0) is 91.0 Å². The van der Waals surface area contributed by atoms with E-state index in [2.05, 4.69) is 0 Å². The summed E-state index contributed by atoms with van der Waals surface area (Å²) < 4.78 is 74.3. The van der Waals surface area contributed by atoms with Gasteiger partial charge >= 0.3 is 59.7 Å². The number of carbonyl (C=O) groups is 10. The van der Waals surface area contributed by atoms with E-state index < -0.39 is 379 Å². The molecule has 52 nitrogen and oxygen atoms in total. The van der Waals surface area contributed by atoms with Crippen molar-refractivity contribution in [3.8, 4) is 189 Å². The molecular weight excluding hydrogens is 1820 g/mol. The van der Waals surface area contributed by atoms with Crippen molar-refractivity contribution in [3.05, 3.63) is 159 Å². The van der Waals surface area contributed by atoms with E-state index in [9.17, 15) is 186 Å². The molecule has 134 heavy (non-hydrogen) atoms. The molecule has 700 valence electrons. The van der Waals surface area contributed by atoms with Crippen LogP contribution in [0.1, 0.15) is 104 Å². The van der Waals surface area contributed by atoms with Crippen molar-refractivity contribution in [1.82, 2.24) is 0 Å². The lowest BCUT2D eigenvalue weighted by molar-refractivity contribution is -0.283. The van der Waals surface area contributed by atoms with Gasteiger partial charge in [0.1, 0.15) is 31.0 Å². The van der Waals surface area contributed by atoms with Gasteiger partial charge in [0, 0.05) is 23.3 Å². The molecule has 2 fully saturated rings. The Kier molecular flexibility index (Phi) is 24.5. The molecule has 3 heterocycles. The molecular formula is C82H60O52. The zero-order valence-corrected chi connectivity index (χ0v) is 65.9. The second kappa shape index (κ2) is 35.6. The SMILES string of the molecule is O=C(OC[C@H]1O[C@@H](OC(=O)c2cc(O)c(O)c(O)c2)[C@@H](OC(=O)c2cc(O)c(O)c(O)c2)[C@@H](OC(=O)c2cc(O)c(O)c(O)c2)[C@@H]1OC(=O)c1cc(O)c(O)c(O)c1Oc1cc2c(c(O)c1O)-c1c(cc(O)c(O)c1O)C(=O)OC[C@H]1O[C@@H](OC(=O)c3cc(O)c(O)c(O)c3)[C@H](OC(=O)c3cc(O)c(O)c(O)c3)[C@@H](OC(=O)c3cc(O)c(O)c(O)c3)[C@H]1OC2=O)c1cc(O)c(O)c(O)c1. The van der Waals surface area contributed by atoms with E-state index >= 15 is 9.59 Å². The predicted octanol–water partition coefficient (Wildman–Crippen LogP) is 3.75. The van der Waals surface area contributed by atoms with Gasteiger partial charge in [0.25, 0.3) is 0 Å². The summed E-state index contributed by atoms with van der Waals surface area (Å²) in [6.45, 7) is -3.25. The third-order valence-corrected chi connectivity index (χ3v) is 19.8. The van der Waals surface area contributed by atoms with Crippen LogP contribution >= 0.6 is 0 Å². The smallest absolute Gasteiger partial charge is 0.342 e. The highest BCUT2D eigenvalue weighted by molar-refractivity contribution is 6.09. The van der Waals surface area contributed by atoms with Crippen LogP contribution in [0.15, 0.2) is 103 Å². The zero-order valence-electron chi connectivity index (χ0n) is 65.9. The van der Waals surface area contributed by atoms with Crippen LogP contribution in [0.2, 0.25) is 0 Å². The van der Waals surface area contributed by atoms with Gasteiger partial charge in [-0.3, -0.25) is 0 Å². The maximum absolute atomic E-state index is 15.9. The Bertz CT molecular complexity index is 6470. The Morgan fingerprint density at radius 1 is 0.276 bits per heavy atom. The normalized spacial score (nSPS) is 18.4. The summed E-state index contributed by atoms with van der Waals surface area (Å²) >= 11 is 0. The topological polar surface area (TPSA) is 877 Å². The monoisotopic (exact) mass is 1880 g/mol. The highest BCUT2D eigenvalue weighted by atomic mass is 16.8. The van der Waals surface area contributed by atoms with Gasteiger partial charge in [-0.2, -0.15) is 0 Å². The number of benzene rings is 10. The number of aromatic hydroxyl groups is 29. The molecule has 0 saturated carbocycles. The fourth-order valence-electron chi connectivity index (χ4n) is 13.2. The summed E-state index contributed by atoms with van der Waals surface area (Å²) in [6, 6.07) is 5.87. The van der Waals surface area contributed by atoms with Crippen LogP contribution < -0.4 is 4.74 Å². The number of rotatable bonds is 19. The van der Waals surface area contributed by atoms with Crippen LogP contribution in [0.25, 0.3) is 11.1 Å². The summed E-state index contributed by atoms with van der Waals surface area (Å²) in [4.78, 5) is 148. The van der Waals surface area contributed by atoms with Crippen molar-refractivity contribution in [3.63, 3.8) is 0 Å². The molecule has 0 bridgehead atoms. The highest BCUT2D eigenvalue weighted by Crippen LogP contribution is 2.57. The van der Waals surface area contributed by atoms with Crippen molar-refractivity contribution >= 4 is 59.7 Å². The first-order chi connectivity index (χ1) is 63.0. The molecule has 3 aliphatic heterocycles. The third-order valence-electron chi connectivity index (χ3n) is 19.8. The molecule has 0 amide bonds. The third kappa shape index (κ3) is 17.6. The van der Waals surface area contributed by atoms with Crippen molar-refractivity contribution in [1.29, 1.82) is 0 Å². The summed E-state index contributed by atoms with van der Waals surface area (Å²) in [5, 5.41) is 312. The summed E-state index contributed by atoms with van der Waals surface area (Å²) in [6.07, 6.45) is -28.9. The second-order valence-electron chi connectivity index (χ2n) is 28.4. The molecule has 10 aromatic carbocycles. The lowest BCUT2D eigenvalue weighted by Gasteiger charge is -2.44. The van der Waals surface area contributed by atoms with Crippen molar-refractivity contribution in [2.75, 3.05) is 13.2 Å². The Morgan fingerprint density at radius 3 is 0.948 bits per heavy atom. The quantitative estimate of drug-likeness (QED) is 0.0311. The molecule has 2 saturated heterocycles. The number of fused-ring (bicyclic) bond motifs is 4. The maximum atomic E-state index is 15.9. The van der Waals surface area contributed by atoms with Crippen molar-refractivity contribution in [2.45, 2.75) is 61.4 Å². The number of carbonyl (C=O) groups excluding carboxylic acids is 10. The lowest BCUT2D eigenvalue weighted by atomic mass is 9.91. The van der Waals surface area contributed by atoms with Crippen LogP contribution in [-0.4, -0.2) is 282 Å². The Balaban J connectivity index is 0.985. The minimum atomic E-state index is -3.05. The summed E-state index contributed by atoms with van der Waals surface area (Å²) in [7, 11) is 0. The van der Waals surface area contributed by atoms with Crippen LogP contribution in [0.5, 0.6) is 178 Å². The zero-order chi connectivity index (χ0) is 98.0. The van der Waals surface area contributed by atoms with E-state index in [4.69, 9.17) is 61.6 Å². The first-order valence-electron chi connectivity index (χ1n) is 36.9. The molecule has 0 spiro atoms. The Labute approximate surface area is 737 Å². The van der Waals surface area contributed by atoms with Crippen molar-refractivity contribution < 1.29 is 258 Å². The second-order valence-corrected chi connectivity index (χ2v) is 28.4. The standard InChI is InChI=1S/C82H60O52/c83-30-1-20(2-31(84)51(30)99)71(112)122-18-47-66(68(130-73(114)22-5-34(87)53(101)35(88)6-22)70(132-75(116)24-9-38(91)55(103)39(92)10-24)81(125-47)133-76(117)25-11-40(93)56(104)41(94)12-25)128-80(121)29-16-45(98)59(107)63(111)64(29)124-46-17-28-50(62(110)60(46)108)49-27(15-44(97)58(106)61(49)109)78(119)123-19-48-65(127-79(28)120)67(129-72(113)21-3-32(85)52(100)33(86)4-21)69(131-74(115)23-7-36(89)54(102)37(90)8-23)82(126-48)134-77(118)26-13-42(95)57(105)43(96)14-26/h1-17,47-48,65-70,81-111H,18-19H2/t47-,48-,65+,66-,67+,68+,69-,70+,81+,82+/m1/s1. The molecule has 10 atom stereocenters. The van der Waals surface area contributed by atoms with Crippen LogP contribution in [-0.2, 0) is 56.8 Å². The molecule has 0 radical (unpaired) electrons. The number of esters is 10. The van der Waals surface area contributed by atoms with Crippen molar-refractivity contribution in [2.24, 2.45) is 0 Å². The maximum Gasteiger partial charge on any atom is 0.342 e. The number of phenolic OH excluding ortho intramolecular Hbond substituents is 29. The largest absolute Gasteiger partial charge is 0.504 e. The first kappa shape index (κ1) is 92.5. The minimum Gasteiger partial charge on any atom is -0.504 e. The van der Waals surface area contributed by atoms with Gasteiger partial charge in [-0.15, -0.1) is 0 Å². The summed E-state index contributed by atoms with van der Waals surface area (Å²) in [5.74, 6) is -64.7. The molecule has 29 N–H and O–H groups in total. The number of phenols is 29. The summed E-state index contributed by atoms with van der Waals surface area (Å²) in [5.41, 5.74) is -14.8. The molecule has 3 aliphatic rings. The van der Waals surface area contributed by atoms with Gasteiger partial charge in [-0.1, -0.05) is 0 Å². The van der Waals surface area contributed by atoms with E-state index in [-0.39, 0.29) is 18.2 Å². The van der Waals surface area contributed by atoms with E-state index in [1.807, 2.05) is 0 Å². The molecule has 0 aromatic heterocycles. The van der Waals surface area contributed by atoms with Crippen LogP contribution in [0, 0.1) is 0 Å². The predicted molar refractivity (Wildman–Crippen MR) is 416 cm³/mol. The number of hydrogen-bond acceptors (Lipinski definition) is 52. The average Bonchev–Trinajstić information content (AvgIpc) is 1.72. The van der Waals surface area contributed by atoms with Gasteiger partial charge in [-0.25, -0.2) is 47.9 Å². The van der Waals surface area contributed by atoms with Crippen LogP contribution in [0.4, 0.5) is 0 Å². The fourth-order valence-corrected chi connectivity index (χ4v) is 13.2. The highest BCUT2D eigenvalue weighted by Gasteiger charge is 2.58. The van der Waals surface area contributed by atoms with E-state index in [1.54, 1.807) is 0 Å². The fraction of sp³-hybridized carbons (Fsp3) is 0.146. The van der Waals surface area contributed by atoms with E-state index in [0.29, 0.717) is 84.9 Å². The number of ether oxygens (including phenoxy) is 13. The Morgan fingerprint density at radius 2 is 0.567 bits per heavy atom. The molecule has 0 unspecified atom stereocenters. The lowest BCUT2D eigenvalue weighted by Crippen LogP contribution is -2.63. The number of hydrogen-bond donors (Lipinski definition) is 29. The molecule has 52 heteroatoms.